The number of rotatable bonds is 12. The Morgan fingerprint density at radius 2 is 1.70 bits per heavy atom. The molecule has 0 aliphatic carbocycles. The van der Waals surface area contributed by atoms with Crippen LogP contribution in [-0.4, -0.2) is 56.1 Å². The van der Waals surface area contributed by atoms with Crippen molar-refractivity contribution in [3.63, 3.8) is 0 Å². The van der Waals surface area contributed by atoms with Gasteiger partial charge in [0.15, 0.2) is 0 Å². The van der Waals surface area contributed by atoms with Crippen LogP contribution in [0.1, 0.15) is 53.0 Å². The molecule has 8 nitrogen and oxygen atoms in total. The highest BCUT2D eigenvalue weighted by atomic mass is 79.9. The maximum absolute atomic E-state index is 13.4. The molecule has 10 heteroatoms. The number of hydrogen-bond acceptors (Lipinski definition) is 5. The summed E-state index contributed by atoms with van der Waals surface area (Å²) in [7, 11) is -3.62. The van der Waals surface area contributed by atoms with E-state index in [4.69, 9.17) is 4.74 Å². The Kier molecular flexibility index (Phi) is 11.0. The van der Waals surface area contributed by atoms with Gasteiger partial charge in [0.1, 0.15) is 11.8 Å². The van der Waals surface area contributed by atoms with Gasteiger partial charge in [-0.25, -0.2) is 8.42 Å². The highest BCUT2D eigenvalue weighted by molar-refractivity contribution is 9.10. The zero-order valence-electron chi connectivity index (χ0n) is 22.5. The van der Waals surface area contributed by atoms with Crippen LogP contribution in [0.4, 0.5) is 5.69 Å². The first-order valence-electron chi connectivity index (χ1n) is 12.3. The second-order valence-electron chi connectivity index (χ2n) is 9.90. The van der Waals surface area contributed by atoms with Gasteiger partial charge in [-0.15, -0.1) is 0 Å². The van der Waals surface area contributed by atoms with E-state index in [2.05, 4.69) is 21.2 Å². The van der Waals surface area contributed by atoms with Crippen LogP contribution in [-0.2, 0) is 26.2 Å². The van der Waals surface area contributed by atoms with E-state index in [1.165, 1.54) is 4.31 Å². The summed E-state index contributed by atoms with van der Waals surface area (Å²) in [6.07, 6.45) is 1.49. The zero-order chi connectivity index (χ0) is 27.8. The van der Waals surface area contributed by atoms with E-state index >= 15 is 0 Å². The maximum Gasteiger partial charge on any atom is 0.242 e. The number of halogens is 1. The summed E-state index contributed by atoms with van der Waals surface area (Å²) < 4.78 is 33.0. The number of nitrogens with one attached hydrogen (secondary N) is 1. The van der Waals surface area contributed by atoms with Crippen molar-refractivity contribution in [2.75, 3.05) is 23.7 Å². The third-order valence-electron chi connectivity index (χ3n) is 5.52. The van der Waals surface area contributed by atoms with Crippen molar-refractivity contribution in [2.24, 2.45) is 0 Å². The smallest absolute Gasteiger partial charge is 0.242 e. The van der Waals surface area contributed by atoms with Crippen LogP contribution in [0, 0.1) is 0 Å². The quantitative estimate of drug-likeness (QED) is 0.383. The molecule has 2 rings (SSSR count). The van der Waals surface area contributed by atoms with Crippen LogP contribution in [0.5, 0.6) is 5.75 Å². The first-order chi connectivity index (χ1) is 17.2. The Hall–Kier alpha value is -2.59. The summed E-state index contributed by atoms with van der Waals surface area (Å²) in [4.78, 5) is 27.9. The lowest BCUT2D eigenvalue weighted by Crippen LogP contribution is -2.52. The molecule has 0 saturated heterocycles. The first kappa shape index (κ1) is 30.6. The number of carbonyl (C=O) groups is 2. The van der Waals surface area contributed by atoms with E-state index in [0.29, 0.717) is 18.0 Å². The summed E-state index contributed by atoms with van der Waals surface area (Å²) in [6, 6.07) is 13.8. The predicted octanol–water partition coefficient (Wildman–Crippen LogP) is 4.73. The molecule has 37 heavy (non-hydrogen) atoms. The van der Waals surface area contributed by atoms with Crippen molar-refractivity contribution < 1.29 is 22.7 Å². The molecule has 0 fully saturated rings. The average Bonchev–Trinajstić information content (AvgIpc) is 2.80. The van der Waals surface area contributed by atoms with Crippen LogP contribution in [0.25, 0.3) is 0 Å². The van der Waals surface area contributed by atoms with Gasteiger partial charge in [-0.3, -0.25) is 13.9 Å². The number of amides is 2. The SMILES string of the molecule is CCOc1ccccc1N(CCCC(=O)N(Cc1ccc(Br)cc1)[C@H](C)C(=O)NC(C)(C)C)S(C)(=O)=O. The standard InChI is InChI=1S/C27H38BrN3O5S/c1-7-36-24-12-9-8-11-23(24)31(37(6,34)35)18-10-13-25(32)30(19-21-14-16-22(28)17-15-21)20(2)26(33)29-27(3,4)5/h8-9,11-12,14-17,20H,7,10,13,18-19H2,1-6H3,(H,29,33)/t20-/m1/s1. The fourth-order valence-corrected chi connectivity index (χ4v) is 5.00. The molecule has 0 bridgehead atoms. The lowest BCUT2D eigenvalue weighted by Gasteiger charge is -2.32. The van der Waals surface area contributed by atoms with Gasteiger partial charge in [0.05, 0.1) is 18.6 Å². The van der Waals surface area contributed by atoms with Crippen molar-refractivity contribution in [1.82, 2.24) is 10.2 Å². The molecule has 2 aromatic rings. The van der Waals surface area contributed by atoms with E-state index < -0.39 is 21.6 Å². The van der Waals surface area contributed by atoms with E-state index in [0.717, 1.165) is 16.3 Å². The van der Waals surface area contributed by atoms with Gasteiger partial charge in [0, 0.05) is 29.5 Å². The van der Waals surface area contributed by atoms with Gasteiger partial charge in [0.25, 0.3) is 0 Å². The third kappa shape index (κ3) is 9.66. The number of ether oxygens (including phenoxy) is 1. The highest BCUT2D eigenvalue weighted by Gasteiger charge is 2.29. The van der Waals surface area contributed by atoms with E-state index in [1.807, 2.05) is 52.0 Å². The van der Waals surface area contributed by atoms with Crippen LogP contribution in [0.15, 0.2) is 53.0 Å². The number of hydrogen-bond donors (Lipinski definition) is 1. The minimum Gasteiger partial charge on any atom is -0.492 e. The average molecular weight is 597 g/mol. The topological polar surface area (TPSA) is 96.0 Å². The van der Waals surface area contributed by atoms with E-state index in [-0.39, 0.29) is 37.7 Å². The monoisotopic (exact) mass is 595 g/mol. The number of nitrogens with zero attached hydrogens (tertiary/aromatic N) is 2. The van der Waals surface area contributed by atoms with Crippen molar-refractivity contribution in [3.05, 3.63) is 58.6 Å². The largest absolute Gasteiger partial charge is 0.492 e. The fourth-order valence-electron chi connectivity index (χ4n) is 3.77. The number of carbonyl (C=O) groups excluding carboxylic acids is 2. The van der Waals surface area contributed by atoms with Gasteiger partial charge in [0.2, 0.25) is 21.8 Å². The van der Waals surface area contributed by atoms with Crippen molar-refractivity contribution in [3.8, 4) is 5.75 Å². The Bertz CT molecular complexity index is 1160. The summed E-state index contributed by atoms with van der Waals surface area (Å²) >= 11 is 3.42. The molecular weight excluding hydrogens is 558 g/mol. The molecule has 0 saturated carbocycles. The Morgan fingerprint density at radius 1 is 1.08 bits per heavy atom. The minimum absolute atomic E-state index is 0.0759. The minimum atomic E-state index is -3.62. The summed E-state index contributed by atoms with van der Waals surface area (Å²) in [5, 5.41) is 2.94. The van der Waals surface area contributed by atoms with Crippen molar-refractivity contribution in [1.29, 1.82) is 0 Å². The number of benzene rings is 2. The van der Waals surface area contributed by atoms with Gasteiger partial charge >= 0.3 is 0 Å². The predicted molar refractivity (Wildman–Crippen MR) is 151 cm³/mol. The summed E-state index contributed by atoms with van der Waals surface area (Å²) in [6.45, 7) is 9.95. The molecule has 1 atom stereocenters. The molecule has 0 aromatic heterocycles. The fraction of sp³-hybridized carbons (Fsp3) is 0.481. The molecule has 0 aliphatic rings. The molecule has 2 amide bonds. The number of sulfonamides is 1. The summed E-state index contributed by atoms with van der Waals surface area (Å²) in [5.74, 6) is -0.0153. The number of anilines is 1. The molecule has 0 aliphatic heterocycles. The molecule has 0 spiro atoms. The summed E-state index contributed by atoms with van der Waals surface area (Å²) in [5.41, 5.74) is 0.876. The molecular formula is C27H38BrN3O5S. The normalized spacial score (nSPS) is 12.5. The van der Waals surface area contributed by atoms with Crippen molar-refractivity contribution in [2.45, 2.75) is 65.6 Å². The Balaban J connectivity index is 2.22. The van der Waals surface area contributed by atoms with Gasteiger partial charge in [-0.2, -0.15) is 0 Å². The second-order valence-corrected chi connectivity index (χ2v) is 12.7. The Morgan fingerprint density at radius 3 is 2.27 bits per heavy atom. The second kappa shape index (κ2) is 13.3. The third-order valence-corrected chi connectivity index (χ3v) is 7.23. The maximum atomic E-state index is 13.4. The lowest BCUT2D eigenvalue weighted by atomic mass is 10.1. The van der Waals surface area contributed by atoms with Crippen LogP contribution in [0.3, 0.4) is 0 Å². The van der Waals surface area contributed by atoms with Gasteiger partial charge < -0.3 is 15.0 Å². The van der Waals surface area contributed by atoms with Gasteiger partial charge in [-0.1, -0.05) is 40.2 Å². The van der Waals surface area contributed by atoms with Crippen LogP contribution in [0.2, 0.25) is 0 Å². The molecule has 1 N–H and O–H groups in total. The van der Waals surface area contributed by atoms with E-state index in [1.54, 1.807) is 36.1 Å². The molecule has 0 heterocycles. The van der Waals surface area contributed by atoms with Gasteiger partial charge in [-0.05, 0) is 70.9 Å². The Labute approximate surface area is 229 Å². The lowest BCUT2D eigenvalue weighted by molar-refractivity contribution is -0.141. The molecule has 204 valence electrons. The highest BCUT2D eigenvalue weighted by Crippen LogP contribution is 2.30. The van der Waals surface area contributed by atoms with Crippen molar-refractivity contribution >= 4 is 43.5 Å². The van der Waals surface area contributed by atoms with E-state index in [9.17, 15) is 18.0 Å². The van der Waals surface area contributed by atoms with Crippen LogP contribution >= 0.6 is 15.9 Å². The molecule has 0 radical (unpaired) electrons. The zero-order valence-corrected chi connectivity index (χ0v) is 24.9. The first-order valence-corrected chi connectivity index (χ1v) is 14.9. The molecule has 0 unspecified atom stereocenters. The molecule has 2 aromatic carbocycles. The van der Waals surface area contributed by atoms with Crippen LogP contribution < -0.4 is 14.4 Å². The number of para-hydroxylation sites is 2.